The Kier molecular flexibility index (Phi) is 2.25. The molecule has 0 aliphatic carbocycles. The van der Waals surface area contributed by atoms with Crippen LogP contribution in [0.25, 0.3) is 0 Å². The first-order valence-electron chi connectivity index (χ1n) is 3.92. The standard InChI is InChI=1S/C9H6FNO2S/c10-6-2-7-8(1-5(6)3-12)14-4-9(13)11-7/h1-3H,4H2,(H,11,13). The number of fused-ring (bicyclic) bond motifs is 1. The number of aldehydes is 1. The molecular weight excluding hydrogens is 205 g/mol. The van der Waals surface area contributed by atoms with E-state index >= 15 is 0 Å². The van der Waals surface area contributed by atoms with E-state index in [1.54, 1.807) is 0 Å². The topological polar surface area (TPSA) is 46.2 Å². The molecule has 72 valence electrons. The Morgan fingerprint density at radius 3 is 3.00 bits per heavy atom. The van der Waals surface area contributed by atoms with Crippen LogP contribution in [0, 0.1) is 5.82 Å². The predicted molar refractivity (Wildman–Crippen MR) is 51.1 cm³/mol. The highest BCUT2D eigenvalue weighted by molar-refractivity contribution is 8.00. The first kappa shape index (κ1) is 9.21. The predicted octanol–water partition coefficient (Wildman–Crippen LogP) is 1.68. The average Bonchev–Trinajstić information content (AvgIpc) is 2.16. The van der Waals surface area contributed by atoms with Crippen molar-refractivity contribution in [1.29, 1.82) is 0 Å². The lowest BCUT2D eigenvalue weighted by Crippen LogP contribution is -2.19. The zero-order chi connectivity index (χ0) is 10.1. The molecule has 0 radical (unpaired) electrons. The average molecular weight is 211 g/mol. The van der Waals surface area contributed by atoms with E-state index in [2.05, 4.69) is 5.32 Å². The lowest BCUT2D eigenvalue weighted by Gasteiger charge is -2.16. The molecule has 1 aliphatic rings. The van der Waals surface area contributed by atoms with Crippen LogP contribution in [0.1, 0.15) is 10.4 Å². The van der Waals surface area contributed by atoms with Gasteiger partial charge in [-0.1, -0.05) is 0 Å². The molecule has 0 saturated heterocycles. The van der Waals surface area contributed by atoms with Gasteiger partial charge in [0.25, 0.3) is 0 Å². The zero-order valence-corrected chi connectivity index (χ0v) is 7.86. The summed E-state index contributed by atoms with van der Waals surface area (Å²) in [4.78, 5) is 22.1. The highest BCUT2D eigenvalue weighted by Crippen LogP contribution is 2.32. The number of carbonyl (C=O) groups is 2. The molecule has 0 unspecified atom stereocenters. The Morgan fingerprint density at radius 1 is 1.50 bits per heavy atom. The molecule has 1 aromatic rings. The largest absolute Gasteiger partial charge is 0.324 e. The molecule has 0 fully saturated rings. The van der Waals surface area contributed by atoms with E-state index < -0.39 is 5.82 Å². The number of benzene rings is 1. The van der Waals surface area contributed by atoms with Crippen molar-refractivity contribution < 1.29 is 14.0 Å². The van der Waals surface area contributed by atoms with Crippen LogP contribution in [0.15, 0.2) is 17.0 Å². The van der Waals surface area contributed by atoms with Crippen molar-refractivity contribution in [2.45, 2.75) is 4.90 Å². The molecule has 1 aliphatic heterocycles. The summed E-state index contributed by atoms with van der Waals surface area (Å²) in [5.41, 5.74) is 0.460. The maximum Gasteiger partial charge on any atom is 0.234 e. The van der Waals surface area contributed by atoms with Gasteiger partial charge in [0.05, 0.1) is 17.0 Å². The molecule has 0 atom stereocenters. The molecule has 0 aromatic heterocycles. The number of hydrogen-bond donors (Lipinski definition) is 1. The monoisotopic (exact) mass is 211 g/mol. The van der Waals surface area contributed by atoms with Gasteiger partial charge in [-0.05, 0) is 12.1 Å². The van der Waals surface area contributed by atoms with Crippen LogP contribution in [0.5, 0.6) is 0 Å². The molecule has 0 spiro atoms. The summed E-state index contributed by atoms with van der Waals surface area (Å²) < 4.78 is 13.1. The Balaban J connectivity index is 2.50. The zero-order valence-electron chi connectivity index (χ0n) is 7.04. The Hall–Kier alpha value is -1.36. The molecule has 2 rings (SSSR count). The molecule has 3 nitrogen and oxygen atoms in total. The second-order valence-corrected chi connectivity index (χ2v) is 3.84. The van der Waals surface area contributed by atoms with Crippen molar-refractivity contribution in [3.63, 3.8) is 0 Å². The number of halogens is 1. The van der Waals surface area contributed by atoms with Gasteiger partial charge in [-0.2, -0.15) is 0 Å². The SMILES string of the molecule is O=Cc1cc2c(cc1F)NC(=O)CS2. The fraction of sp³-hybridized carbons (Fsp3) is 0.111. The smallest absolute Gasteiger partial charge is 0.234 e. The Bertz CT molecular complexity index is 420. The highest BCUT2D eigenvalue weighted by atomic mass is 32.2. The molecule has 0 saturated carbocycles. The third-order valence-corrected chi connectivity index (χ3v) is 2.91. The van der Waals surface area contributed by atoms with E-state index in [1.165, 1.54) is 23.9 Å². The number of thioether (sulfide) groups is 1. The highest BCUT2D eigenvalue weighted by Gasteiger charge is 2.17. The van der Waals surface area contributed by atoms with Crippen molar-refractivity contribution in [1.82, 2.24) is 0 Å². The third kappa shape index (κ3) is 1.50. The number of carbonyl (C=O) groups excluding carboxylic acids is 2. The van der Waals surface area contributed by atoms with E-state index in [0.717, 1.165) is 4.90 Å². The van der Waals surface area contributed by atoms with Crippen LogP contribution in [-0.2, 0) is 4.79 Å². The van der Waals surface area contributed by atoms with Crippen molar-refractivity contribution in [3.8, 4) is 0 Å². The van der Waals surface area contributed by atoms with Gasteiger partial charge in [0.1, 0.15) is 5.82 Å². The van der Waals surface area contributed by atoms with Crippen LogP contribution in [-0.4, -0.2) is 17.9 Å². The van der Waals surface area contributed by atoms with Gasteiger partial charge in [-0.3, -0.25) is 9.59 Å². The minimum atomic E-state index is -0.610. The van der Waals surface area contributed by atoms with E-state index in [4.69, 9.17) is 0 Å². The van der Waals surface area contributed by atoms with Gasteiger partial charge >= 0.3 is 0 Å². The number of amides is 1. The van der Waals surface area contributed by atoms with Crippen LogP contribution >= 0.6 is 11.8 Å². The molecule has 1 N–H and O–H groups in total. The first-order chi connectivity index (χ1) is 6.70. The van der Waals surface area contributed by atoms with Crippen LogP contribution in [0.2, 0.25) is 0 Å². The summed E-state index contributed by atoms with van der Waals surface area (Å²) in [6.45, 7) is 0. The lowest BCUT2D eigenvalue weighted by atomic mass is 10.2. The Morgan fingerprint density at radius 2 is 2.29 bits per heavy atom. The summed E-state index contributed by atoms with van der Waals surface area (Å²) in [5.74, 6) is -0.459. The summed E-state index contributed by atoms with van der Waals surface area (Å²) >= 11 is 1.30. The molecule has 1 heterocycles. The number of rotatable bonds is 1. The molecule has 14 heavy (non-hydrogen) atoms. The van der Waals surface area contributed by atoms with Crippen molar-refractivity contribution in [2.75, 3.05) is 11.1 Å². The van der Waals surface area contributed by atoms with Crippen LogP contribution in [0.3, 0.4) is 0 Å². The summed E-state index contributed by atoms with van der Waals surface area (Å²) in [6.07, 6.45) is 0.465. The third-order valence-electron chi connectivity index (χ3n) is 1.86. The first-order valence-corrected chi connectivity index (χ1v) is 4.90. The fourth-order valence-electron chi connectivity index (χ4n) is 1.21. The van der Waals surface area contributed by atoms with Gasteiger partial charge in [-0.15, -0.1) is 11.8 Å². The van der Waals surface area contributed by atoms with Crippen LogP contribution < -0.4 is 5.32 Å². The second-order valence-electron chi connectivity index (χ2n) is 2.82. The summed E-state index contributed by atoms with van der Waals surface area (Å²) in [6, 6.07) is 2.62. The van der Waals surface area contributed by atoms with Gasteiger partial charge < -0.3 is 5.32 Å². The second kappa shape index (κ2) is 3.42. The van der Waals surface area contributed by atoms with Gasteiger partial charge in [-0.25, -0.2) is 4.39 Å². The Labute approximate surface area is 83.7 Å². The number of nitrogens with one attached hydrogen (secondary N) is 1. The van der Waals surface area contributed by atoms with Gasteiger partial charge in [0.15, 0.2) is 6.29 Å². The maximum atomic E-state index is 13.1. The lowest BCUT2D eigenvalue weighted by molar-refractivity contribution is -0.113. The van der Waals surface area contributed by atoms with Crippen molar-refractivity contribution in [2.24, 2.45) is 0 Å². The van der Waals surface area contributed by atoms with E-state index in [-0.39, 0.29) is 11.5 Å². The quantitative estimate of drug-likeness (QED) is 0.719. The van der Waals surface area contributed by atoms with Gasteiger partial charge in [0, 0.05) is 4.90 Å². The van der Waals surface area contributed by atoms with E-state index in [9.17, 15) is 14.0 Å². The molecule has 0 bridgehead atoms. The number of hydrogen-bond acceptors (Lipinski definition) is 3. The minimum absolute atomic E-state index is 0.0207. The molecule has 1 amide bonds. The van der Waals surface area contributed by atoms with E-state index in [1.807, 2.05) is 0 Å². The number of anilines is 1. The normalized spacial score (nSPS) is 14.5. The molecule has 5 heteroatoms. The minimum Gasteiger partial charge on any atom is -0.324 e. The maximum absolute atomic E-state index is 13.1. The van der Waals surface area contributed by atoms with Gasteiger partial charge in [0.2, 0.25) is 5.91 Å². The molecule has 1 aromatic carbocycles. The van der Waals surface area contributed by atoms with Crippen LogP contribution in [0.4, 0.5) is 10.1 Å². The summed E-state index contributed by atoms with van der Waals surface area (Å²) in [7, 11) is 0. The van der Waals surface area contributed by atoms with Crippen molar-refractivity contribution in [3.05, 3.63) is 23.5 Å². The van der Waals surface area contributed by atoms with E-state index in [0.29, 0.717) is 17.7 Å². The van der Waals surface area contributed by atoms with Crippen molar-refractivity contribution >= 4 is 29.6 Å². The summed E-state index contributed by atoms with van der Waals surface area (Å²) in [5, 5.41) is 2.54. The molecular formula is C9H6FNO2S. The fourth-order valence-corrected chi connectivity index (χ4v) is 2.04.